The number of carboxylic acid groups (broad SMARTS) is 1. The average molecular weight is 321 g/mol. The second kappa shape index (κ2) is 5.98. The largest absolute Gasteiger partial charge is 0.475 e. The van der Waals surface area contributed by atoms with Crippen LogP contribution in [-0.2, 0) is 19.5 Å². The van der Waals surface area contributed by atoms with Crippen molar-refractivity contribution in [2.45, 2.75) is 24.7 Å². The predicted molar refractivity (Wildman–Crippen MR) is 80.1 cm³/mol. The molecule has 0 unspecified atom stereocenters. The van der Waals surface area contributed by atoms with E-state index >= 15 is 0 Å². The van der Waals surface area contributed by atoms with E-state index < -0.39 is 5.97 Å². The van der Waals surface area contributed by atoms with Crippen molar-refractivity contribution in [3.8, 4) is 0 Å². The van der Waals surface area contributed by atoms with E-state index in [1.807, 2.05) is 11.2 Å². The highest BCUT2D eigenvalue weighted by atomic mass is 32.2. The first-order valence-corrected chi connectivity index (χ1v) is 7.99. The number of hydrogen-bond acceptors (Lipinski definition) is 6. The highest BCUT2D eigenvalue weighted by Crippen LogP contribution is 2.19. The molecule has 3 heterocycles. The molecule has 7 nitrogen and oxygen atoms in total. The van der Waals surface area contributed by atoms with Crippen LogP contribution in [0.2, 0.25) is 0 Å². The minimum atomic E-state index is -1.08. The third kappa shape index (κ3) is 2.93. The summed E-state index contributed by atoms with van der Waals surface area (Å²) in [7, 11) is 0. The van der Waals surface area contributed by atoms with Crippen molar-refractivity contribution >= 4 is 17.7 Å². The van der Waals surface area contributed by atoms with Gasteiger partial charge in [-0.15, -0.1) is 0 Å². The lowest BCUT2D eigenvalue weighted by atomic mass is 10.1. The molecule has 0 saturated carbocycles. The number of hydrogen-bond donors (Lipinski definition) is 2. The molecule has 0 atom stereocenters. The zero-order chi connectivity index (χ0) is 15.7. The number of aromatic nitrogens is 2. The lowest BCUT2D eigenvalue weighted by Gasteiger charge is -2.26. The van der Waals surface area contributed by atoms with E-state index in [9.17, 15) is 9.59 Å². The summed E-state index contributed by atoms with van der Waals surface area (Å²) >= 11 is 1.41. The summed E-state index contributed by atoms with van der Waals surface area (Å²) in [4.78, 5) is 32.2. The number of nitrogens with zero attached hydrogens (tertiary/aromatic N) is 2. The lowest BCUT2D eigenvalue weighted by molar-refractivity contribution is 0.0658. The summed E-state index contributed by atoms with van der Waals surface area (Å²) < 4.78 is 5.26. The molecule has 0 fully saturated rings. The van der Waals surface area contributed by atoms with E-state index in [4.69, 9.17) is 9.52 Å². The summed E-state index contributed by atoms with van der Waals surface area (Å²) in [6.07, 6.45) is 2.57. The van der Waals surface area contributed by atoms with Crippen LogP contribution in [0.15, 0.2) is 26.5 Å². The maximum absolute atomic E-state index is 12.1. The predicted octanol–water partition coefficient (Wildman–Crippen LogP) is 1.34. The van der Waals surface area contributed by atoms with Gasteiger partial charge >= 0.3 is 5.97 Å². The van der Waals surface area contributed by atoms with Crippen LogP contribution in [0.5, 0.6) is 0 Å². The Morgan fingerprint density at radius 3 is 3.05 bits per heavy atom. The molecule has 1 aliphatic heterocycles. The van der Waals surface area contributed by atoms with Gasteiger partial charge in [-0.05, 0) is 18.4 Å². The Balaban J connectivity index is 1.76. The van der Waals surface area contributed by atoms with Gasteiger partial charge in [0.15, 0.2) is 5.16 Å². The number of nitrogens with one attached hydrogen (secondary N) is 1. The van der Waals surface area contributed by atoms with Crippen LogP contribution in [0.1, 0.15) is 27.6 Å². The smallest absolute Gasteiger partial charge is 0.371 e. The summed E-state index contributed by atoms with van der Waals surface area (Å²) in [5.41, 5.74) is 1.41. The van der Waals surface area contributed by atoms with Gasteiger partial charge in [0.1, 0.15) is 5.76 Å². The Morgan fingerprint density at radius 2 is 2.36 bits per heavy atom. The quantitative estimate of drug-likeness (QED) is 0.647. The maximum atomic E-state index is 12.1. The van der Waals surface area contributed by atoms with Crippen molar-refractivity contribution in [1.29, 1.82) is 0 Å². The van der Waals surface area contributed by atoms with Crippen LogP contribution in [0, 0.1) is 0 Å². The standard InChI is InChI=1S/C14H15N3O4S/c1-22-14-15-10-4-5-17(7-9(10)12(18)16-14)6-8-2-3-11(21-8)13(19)20/h2-3H,4-7H2,1H3,(H,19,20)(H,15,16,18). The van der Waals surface area contributed by atoms with Crippen molar-refractivity contribution < 1.29 is 14.3 Å². The highest BCUT2D eigenvalue weighted by molar-refractivity contribution is 7.98. The van der Waals surface area contributed by atoms with Crippen molar-refractivity contribution in [2.24, 2.45) is 0 Å². The number of carbonyl (C=O) groups is 1. The van der Waals surface area contributed by atoms with E-state index in [0.29, 0.717) is 36.0 Å². The fourth-order valence-corrected chi connectivity index (χ4v) is 2.88. The average Bonchev–Trinajstić information content (AvgIpc) is 2.96. The van der Waals surface area contributed by atoms with Gasteiger partial charge in [0.25, 0.3) is 5.56 Å². The van der Waals surface area contributed by atoms with Crippen LogP contribution < -0.4 is 5.56 Å². The maximum Gasteiger partial charge on any atom is 0.371 e. The Labute approximate surface area is 130 Å². The number of H-pyrrole nitrogens is 1. The zero-order valence-corrected chi connectivity index (χ0v) is 12.8. The molecule has 0 spiro atoms. The molecule has 22 heavy (non-hydrogen) atoms. The van der Waals surface area contributed by atoms with Crippen LogP contribution in [0.3, 0.4) is 0 Å². The third-order valence-corrected chi connectivity index (χ3v) is 4.15. The van der Waals surface area contributed by atoms with Gasteiger partial charge in [-0.2, -0.15) is 0 Å². The molecule has 0 saturated heterocycles. The lowest BCUT2D eigenvalue weighted by Crippen LogP contribution is -2.35. The number of thioether (sulfide) groups is 1. The summed E-state index contributed by atoms with van der Waals surface area (Å²) in [6, 6.07) is 3.09. The Kier molecular flexibility index (Phi) is 4.04. The Morgan fingerprint density at radius 1 is 1.55 bits per heavy atom. The van der Waals surface area contributed by atoms with E-state index in [2.05, 4.69) is 9.97 Å². The van der Waals surface area contributed by atoms with E-state index in [-0.39, 0.29) is 11.3 Å². The molecule has 0 amide bonds. The first-order chi connectivity index (χ1) is 10.6. The molecule has 2 aromatic heterocycles. The second-order valence-electron chi connectivity index (χ2n) is 5.03. The fraction of sp³-hybridized carbons (Fsp3) is 0.357. The minimum absolute atomic E-state index is 0.0727. The van der Waals surface area contributed by atoms with E-state index in [1.165, 1.54) is 17.8 Å². The molecule has 0 aromatic carbocycles. The van der Waals surface area contributed by atoms with Gasteiger partial charge in [0.2, 0.25) is 5.76 Å². The number of fused-ring (bicyclic) bond motifs is 1. The molecule has 8 heteroatoms. The molecule has 2 aromatic rings. The first-order valence-electron chi connectivity index (χ1n) is 6.77. The SMILES string of the molecule is CSc1nc2c(c(=O)[nH]1)CN(Cc1ccc(C(=O)O)o1)CC2. The molecule has 0 aliphatic carbocycles. The molecule has 0 radical (unpaired) electrons. The Bertz CT molecular complexity index is 768. The van der Waals surface area contributed by atoms with Crippen molar-refractivity contribution in [3.63, 3.8) is 0 Å². The normalized spacial score (nSPS) is 14.8. The van der Waals surface area contributed by atoms with E-state index in [1.54, 1.807) is 6.07 Å². The summed E-state index contributed by atoms with van der Waals surface area (Å²) in [5.74, 6) is -0.581. The van der Waals surface area contributed by atoms with Gasteiger partial charge in [-0.3, -0.25) is 9.69 Å². The van der Waals surface area contributed by atoms with Crippen LogP contribution >= 0.6 is 11.8 Å². The zero-order valence-electron chi connectivity index (χ0n) is 12.0. The summed E-state index contributed by atoms with van der Waals surface area (Å²) in [6.45, 7) is 1.70. The number of aromatic amines is 1. The third-order valence-electron chi connectivity index (χ3n) is 3.57. The van der Waals surface area contributed by atoms with Crippen LogP contribution in [0.4, 0.5) is 0 Å². The molecular weight excluding hydrogens is 306 g/mol. The first kappa shape index (κ1) is 14.9. The number of rotatable bonds is 4. The molecule has 1 aliphatic rings. The molecule has 0 bridgehead atoms. The summed E-state index contributed by atoms with van der Waals surface area (Å²) in [5, 5.41) is 9.49. The molecule has 116 valence electrons. The minimum Gasteiger partial charge on any atom is -0.475 e. The fourth-order valence-electron chi connectivity index (χ4n) is 2.49. The molecule has 3 rings (SSSR count). The topological polar surface area (TPSA) is 99.4 Å². The van der Waals surface area contributed by atoms with Gasteiger partial charge in [0.05, 0.1) is 17.8 Å². The number of aromatic carboxylic acids is 1. The monoisotopic (exact) mass is 321 g/mol. The van der Waals surface area contributed by atoms with Crippen molar-refractivity contribution in [2.75, 3.05) is 12.8 Å². The number of carboxylic acids is 1. The number of furan rings is 1. The van der Waals surface area contributed by atoms with Gasteiger partial charge < -0.3 is 14.5 Å². The van der Waals surface area contributed by atoms with Crippen molar-refractivity contribution in [3.05, 3.63) is 45.3 Å². The van der Waals surface area contributed by atoms with Crippen LogP contribution in [-0.4, -0.2) is 38.7 Å². The van der Waals surface area contributed by atoms with E-state index in [0.717, 1.165) is 12.2 Å². The highest BCUT2D eigenvalue weighted by Gasteiger charge is 2.22. The van der Waals surface area contributed by atoms with Gasteiger partial charge in [0, 0.05) is 19.5 Å². The molecule has 2 N–H and O–H groups in total. The Hall–Kier alpha value is -2.06. The second-order valence-corrected chi connectivity index (χ2v) is 5.83. The van der Waals surface area contributed by atoms with Crippen LogP contribution in [0.25, 0.3) is 0 Å². The van der Waals surface area contributed by atoms with Crippen molar-refractivity contribution in [1.82, 2.24) is 14.9 Å². The van der Waals surface area contributed by atoms with Gasteiger partial charge in [-0.1, -0.05) is 11.8 Å². The van der Waals surface area contributed by atoms with Gasteiger partial charge in [-0.25, -0.2) is 9.78 Å². The molecular formula is C14H15N3O4S.